The molecule has 2 aromatic rings. The van der Waals surface area contributed by atoms with Gasteiger partial charge in [-0.25, -0.2) is 4.98 Å². The largest absolute Gasteiger partial charge is 0.497 e. The molecule has 0 saturated carbocycles. The summed E-state index contributed by atoms with van der Waals surface area (Å²) in [6.45, 7) is 3.21. The molecule has 0 amide bonds. The normalized spacial score (nSPS) is 11.2. The highest BCUT2D eigenvalue weighted by atomic mass is 32.2. The number of carbonyl (C=O) groups excluding carboxylic acids is 1. The lowest BCUT2D eigenvalue weighted by Crippen LogP contribution is -2.10. The zero-order valence-electron chi connectivity index (χ0n) is 14.0. The molecule has 2 rings (SSSR count). The Kier molecular flexibility index (Phi) is 5.63. The van der Waals surface area contributed by atoms with Gasteiger partial charge in [-0.3, -0.25) is 4.79 Å². The Morgan fingerprint density at radius 3 is 2.32 bits per heavy atom. The van der Waals surface area contributed by atoms with Gasteiger partial charge < -0.3 is 10.5 Å². The van der Waals surface area contributed by atoms with Crippen molar-refractivity contribution in [1.82, 2.24) is 4.98 Å². The molecule has 1 aromatic heterocycles. The molecule has 1 atom stereocenters. The van der Waals surface area contributed by atoms with Crippen LogP contribution in [0.15, 0.2) is 29.3 Å². The van der Waals surface area contributed by atoms with Crippen LogP contribution in [0, 0.1) is 22.7 Å². The highest BCUT2D eigenvalue weighted by molar-refractivity contribution is 8.00. The first kappa shape index (κ1) is 18.3. The number of thioether (sulfide) groups is 1. The van der Waals surface area contributed by atoms with E-state index in [4.69, 9.17) is 10.5 Å². The van der Waals surface area contributed by atoms with Crippen LogP contribution in [0.25, 0.3) is 11.1 Å². The molecule has 7 heteroatoms. The van der Waals surface area contributed by atoms with Gasteiger partial charge in [0.25, 0.3) is 0 Å². The van der Waals surface area contributed by atoms with Crippen LogP contribution in [0.2, 0.25) is 0 Å². The van der Waals surface area contributed by atoms with Gasteiger partial charge in [0.15, 0.2) is 0 Å². The van der Waals surface area contributed by atoms with Gasteiger partial charge in [-0.15, -0.1) is 0 Å². The summed E-state index contributed by atoms with van der Waals surface area (Å²) in [6.07, 6.45) is 0. The molecule has 0 aliphatic rings. The Morgan fingerprint density at radius 2 is 1.84 bits per heavy atom. The van der Waals surface area contributed by atoms with Crippen molar-refractivity contribution in [3.63, 3.8) is 0 Å². The van der Waals surface area contributed by atoms with Gasteiger partial charge in [-0.1, -0.05) is 23.9 Å². The molecule has 0 radical (unpaired) electrons. The molecule has 126 valence electrons. The number of nitrogens with zero attached hydrogens (tertiary/aromatic N) is 3. The van der Waals surface area contributed by atoms with Crippen LogP contribution < -0.4 is 10.5 Å². The number of nitrogens with two attached hydrogens (primary N) is 1. The summed E-state index contributed by atoms with van der Waals surface area (Å²) in [5, 5.41) is 19.1. The highest BCUT2D eigenvalue weighted by Gasteiger charge is 2.22. The first-order chi connectivity index (χ1) is 11.9. The van der Waals surface area contributed by atoms with Crippen molar-refractivity contribution in [2.75, 3.05) is 12.8 Å². The van der Waals surface area contributed by atoms with Crippen molar-refractivity contribution in [3.8, 4) is 29.0 Å². The summed E-state index contributed by atoms with van der Waals surface area (Å²) in [6, 6.07) is 11.1. The van der Waals surface area contributed by atoms with Crippen molar-refractivity contribution in [1.29, 1.82) is 10.5 Å². The summed E-state index contributed by atoms with van der Waals surface area (Å²) in [4.78, 5) is 15.7. The maximum absolute atomic E-state index is 11.6. The van der Waals surface area contributed by atoms with Crippen LogP contribution in [-0.4, -0.2) is 23.1 Å². The summed E-state index contributed by atoms with van der Waals surface area (Å²) in [7, 11) is 1.55. The van der Waals surface area contributed by atoms with Crippen LogP contribution in [0.4, 0.5) is 5.82 Å². The molecular formula is C18H16N4O2S. The summed E-state index contributed by atoms with van der Waals surface area (Å²) < 4.78 is 5.14. The third kappa shape index (κ3) is 3.73. The van der Waals surface area contributed by atoms with E-state index in [1.807, 2.05) is 6.07 Å². The topological polar surface area (TPSA) is 113 Å². The minimum atomic E-state index is -0.379. The molecule has 0 saturated heterocycles. The van der Waals surface area contributed by atoms with Crippen molar-refractivity contribution in [3.05, 3.63) is 35.4 Å². The number of aromatic nitrogens is 1. The van der Waals surface area contributed by atoms with Gasteiger partial charge >= 0.3 is 0 Å². The fraction of sp³-hybridized carbons (Fsp3) is 0.222. The van der Waals surface area contributed by atoms with Crippen LogP contribution >= 0.6 is 11.8 Å². The molecule has 6 nitrogen and oxygen atoms in total. The number of nitriles is 2. The number of ether oxygens (including phenoxy) is 1. The average molecular weight is 352 g/mol. The Labute approximate surface area is 150 Å². The molecule has 0 bridgehead atoms. The quantitative estimate of drug-likeness (QED) is 0.822. The van der Waals surface area contributed by atoms with Crippen LogP contribution in [0.1, 0.15) is 25.0 Å². The van der Waals surface area contributed by atoms with E-state index in [0.717, 1.165) is 11.8 Å². The monoisotopic (exact) mass is 352 g/mol. The van der Waals surface area contributed by atoms with Gasteiger partial charge in [0.1, 0.15) is 40.1 Å². The number of rotatable bonds is 5. The molecule has 0 aliphatic heterocycles. The van der Waals surface area contributed by atoms with E-state index < -0.39 is 0 Å². The molecule has 0 aliphatic carbocycles. The molecule has 1 unspecified atom stereocenters. The van der Waals surface area contributed by atoms with Crippen LogP contribution in [0.5, 0.6) is 5.75 Å². The van der Waals surface area contributed by atoms with Gasteiger partial charge in [-0.2, -0.15) is 10.5 Å². The second-order valence-electron chi connectivity index (χ2n) is 5.25. The summed E-state index contributed by atoms with van der Waals surface area (Å²) in [5.74, 6) is 0.651. The summed E-state index contributed by atoms with van der Waals surface area (Å²) in [5.41, 5.74) is 7.37. The molecule has 1 heterocycles. The second-order valence-corrected chi connectivity index (χ2v) is 6.58. The van der Waals surface area contributed by atoms with E-state index in [-0.39, 0.29) is 28.0 Å². The minimum absolute atomic E-state index is 0.0329. The molecule has 0 spiro atoms. The lowest BCUT2D eigenvalue weighted by molar-refractivity contribution is -0.116. The lowest BCUT2D eigenvalue weighted by atomic mass is 9.97. The van der Waals surface area contributed by atoms with Gasteiger partial charge in [0, 0.05) is 5.56 Å². The molecule has 0 fully saturated rings. The molecule has 2 N–H and O–H groups in total. The zero-order valence-corrected chi connectivity index (χ0v) is 14.8. The number of carbonyl (C=O) groups is 1. The first-order valence-electron chi connectivity index (χ1n) is 7.38. The average Bonchev–Trinajstić information content (AvgIpc) is 2.61. The van der Waals surface area contributed by atoms with Crippen molar-refractivity contribution < 1.29 is 9.53 Å². The SMILES string of the molecule is COc1ccc(-c2c(C#N)c(N)nc(SC(C)C(C)=O)c2C#N)cc1. The maximum Gasteiger partial charge on any atom is 0.143 e. The number of nitrogen functional groups attached to an aromatic ring is 1. The number of anilines is 1. The standard InChI is InChI=1S/C18H16N4O2S/c1-10(23)11(2)25-18-15(9-20)16(14(8-19)17(21)22-18)12-4-6-13(24-3)7-5-12/h4-7,11H,1-3H3,(H2,21,22). The highest BCUT2D eigenvalue weighted by Crippen LogP contribution is 2.37. The van der Waals surface area contributed by atoms with Crippen molar-refractivity contribution in [2.24, 2.45) is 0 Å². The number of benzene rings is 1. The van der Waals surface area contributed by atoms with Crippen LogP contribution in [0.3, 0.4) is 0 Å². The van der Waals surface area contributed by atoms with E-state index in [0.29, 0.717) is 21.9 Å². The Bertz CT molecular complexity index is 895. The third-order valence-corrected chi connectivity index (χ3v) is 4.86. The van der Waals surface area contributed by atoms with Crippen molar-refractivity contribution >= 4 is 23.4 Å². The van der Waals surface area contributed by atoms with E-state index >= 15 is 0 Å². The molecule has 25 heavy (non-hydrogen) atoms. The minimum Gasteiger partial charge on any atom is -0.497 e. The fourth-order valence-corrected chi connectivity index (χ4v) is 3.10. The van der Waals surface area contributed by atoms with E-state index in [1.54, 1.807) is 38.3 Å². The van der Waals surface area contributed by atoms with Crippen molar-refractivity contribution in [2.45, 2.75) is 24.1 Å². The Hall–Kier alpha value is -3.03. The van der Waals surface area contributed by atoms with E-state index in [1.165, 1.54) is 6.92 Å². The van der Waals surface area contributed by atoms with Gasteiger partial charge in [-0.05, 0) is 31.5 Å². The number of Topliss-reactive ketones (excluding diaryl/α,β-unsaturated/α-hetero) is 1. The first-order valence-corrected chi connectivity index (χ1v) is 8.26. The number of methoxy groups -OCH3 is 1. The van der Waals surface area contributed by atoms with Gasteiger partial charge in [0.2, 0.25) is 0 Å². The number of pyridine rings is 1. The molecule has 1 aromatic carbocycles. The number of hydrogen-bond acceptors (Lipinski definition) is 7. The Morgan fingerprint density at radius 1 is 1.24 bits per heavy atom. The smallest absolute Gasteiger partial charge is 0.143 e. The predicted molar refractivity (Wildman–Crippen MR) is 96.1 cm³/mol. The third-order valence-electron chi connectivity index (χ3n) is 3.66. The predicted octanol–water partition coefficient (Wildman–Crippen LogP) is 3.15. The number of hydrogen-bond donors (Lipinski definition) is 1. The zero-order chi connectivity index (χ0) is 18.6. The van der Waals surface area contributed by atoms with Gasteiger partial charge in [0.05, 0.1) is 17.9 Å². The fourth-order valence-electron chi connectivity index (χ4n) is 2.18. The maximum atomic E-state index is 11.6. The second kappa shape index (κ2) is 7.69. The number of ketones is 1. The van der Waals surface area contributed by atoms with E-state index in [9.17, 15) is 15.3 Å². The lowest BCUT2D eigenvalue weighted by Gasteiger charge is -2.15. The Balaban J connectivity index is 2.71. The molecular weight excluding hydrogens is 336 g/mol. The van der Waals surface area contributed by atoms with E-state index in [2.05, 4.69) is 11.1 Å². The van der Waals surface area contributed by atoms with Crippen LogP contribution in [-0.2, 0) is 4.79 Å². The summed E-state index contributed by atoms with van der Waals surface area (Å²) >= 11 is 1.16.